The van der Waals surface area contributed by atoms with Crippen molar-refractivity contribution in [1.82, 2.24) is 4.90 Å². The van der Waals surface area contributed by atoms with Gasteiger partial charge in [-0.3, -0.25) is 4.79 Å². The number of hydrogen-bond donors (Lipinski definition) is 1. The van der Waals surface area contributed by atoms with E-state index in [0.29, 0.717) is 29.7 Å². The predicted octanol–water partition coefficient (Wildman–Crippen LogP) is 3.56. The van der Waals surface area contributed by atoms with E-state index in [4.69, 9.17) is 22.1 Å². The van der Waals surface area contributed by atoms with E-state index in [-0.39, 0.29) is 18.1 Å². The second-order valence-corrected chi connectivity index (χ2v) is 7.23. The Hall–Kier alpha value is -2.53. The summed E-state index contributed by atoms with van der Waals surface area (Å²) in [5.74, 6) is -0.162. The summed E-state index contributed by atoms with van der Waals surface area (Å²) in [6, 6.07) is 14.9. The number of nitrogen functional groups attached to an aromatic ring is 1. The number of likely N-dealkylation sites (tertiary alicyclic amines) is 1. The summed E-state index contributed by atoms with van der Waals surface area (Å²) >= 11 is 5.84. The maximum Gasteiger partial charge on any atom is 0.338 e. The van der Waals surface area contributed by atoms with Crippen LogP contribution in [0.15, 0.2) is 48.5 Å². The zero-order valence-electron chi connectivity index (χ0n) is 15.1. The first-order chi connectivity index (χ1) is 13.0. The van der Waals surface area contributed by atoms with Gasteiger partial charge in [0, 0.05) is 13.1 Å². The van der Waals surface area contributed by atoms with Crippen molar-refractivity contribution >= 4 is 29.2 Å². The van der Waals surface area contributed by atoms with Crippen LogP contribution in [0.5, 0.6) is 0 Å². The molecule has 0 radical (unpaired) electrons. The maximum atomic E-state index is 12.3. The van der Waals surface area contributed by atoms with Crippen LogP contribution < -0.4 is 5.73 Å². The lowest BCUT2D eigenvalue weighted by molar-refractivity contribution is -0.135. The van der Waals surface area contributed by atoms with Crippen molar-refractivity contribution in [1.29, 1.82) is 0 Å². The third-order valence-corrected chi connectivity index (χ3v) is 5.24. The molecule has 1 amide bonds. The first kappa shape index (κ1) is 19.2. The van der Waals surface area contributed by atoms with Crippen molar-refractivity contribution < 1.29 is 14.3 Å². The zero-order chi connectivity index (χ0) is 19.2. The summed E-state index contributed by atoms with van der Waals surface area (Å²) < 4.78 is 5.13. The molecule has 1 aliphatic rings. The number of piperidine rings is 1. The van der Waals surface area contributed by atoms with E-state index in [0.717, 1.165) is 19.3 Å². The van der Waals surface area contributed by atoms with Gasteiger partial charge in [0.15, 0.2) is 6.61 Å². The highest BCUT2D eigenvalue weighted by Crippen LogP contribution is 2.22. The van der Waals surface area contributed by atoms with Crippen LogP contribution in [0.1, 0.15) is 28.8 Å². The van der Waals surface area contributed by atoms with E-state index in [1.165, 1.54) is 23.8 Å². The van der Waals surface area contributed by atoms with Crippen molar-refractivity contribution in [3.8, 4) is 0 Å². The number of carbonyl (C=O) groups is 2. The molecule has 27 heavy (non-hydrogen) atoms. The molecule has 2 N–H and O–H groups in total. The highest BCUT2D eigenvalue weighted by atomic mass is 35.5. The van der Waals surface area contributed by atoms with Gasteiger partial charge in [-0.15, -0.1) is 0 Å². The smallest absolute Gasteiger partial charge is 0.338 e. The fraction of sp³-hybridized carbons (Fsp3) is 0.333. The molecule has 0 spiro atoms. The van der Waals surface area contributed by atoms with Crippen LogP contribution in [0.2, 0.25) is 5.02 Å². The summed E-state index contributed by atoms with van der Waals surface area (Å²) in [5, 5.41) is 0.376. The van der Waals surface area contributed by atoms with Crippen molar-refractivity contribution in [2.24, 2.45) is 5.92 Å². The Bertz CT molecular complexity index is 802. The maximum absolute atomic E-state index is 12.3. The summed E-state index contributed by atoms with van der Waals surface area (Å²) in [5.41, 5.74) is 7.60. The Labute approximate surface area is 164 Å². The fourth-order valence-corrected chi connectivity index (χ4v) is 3.42. The lowest BCUT2D eigenvalue weighted by Gasteiger charge is -2.32. The van der Waals surface area contributed by atoms with E-state index >= 15 is 0 Å². The van der Waals surface area contributed by atoms with E-state index in [1.807, 2.05) is 6.07 Å². The highest BCUT2D eigenvalue weighted by molar-refractivity contribution is 6.33. The number of benzene rings is 2. The molecule has 5 nitrogen and oxygen atoms in total. The second-order valence-electron chi connectivity index (χ2n) is 6.83. The van der Waals surface area contributed by atoms with E-state index in [1.54, 1.807) is 4.90 Å². The van der Waals surface area contributed by atoms with Gasteiger partial charge in [0.2, 0.25) is 0 Å². The molecular formula is C21H23ClN2O3. The summed E-state index contributed by atoms with van der Waals surface area (Å²) in [4.78, 5) is 26.2. The number of rotatable bonds is 5. The molecule has 0 bridgehead atoms. The fourth-order valence-electron chi connectivity index (χ4n) is 3.31. The van der Waals surface area contributed by atoms with Crippen LogP contribution in [0, 0.1) is 5.92 Å². The number of ether oxygens (including phenoxy) is 1. The van der Waals surface area contributed by atoms with Crippen molar-refractivity contribution in [3.05, 3.63) is 64.7 Å². The molecule has 2 aromatic carbocycles. The van der Waals surface area contributed by atoms with Gasteiger partial charge < -0.3 is 15.4 Å². The number of nitrogens with zero attached hydrogens (tertiary/aromatic N) is 1. The molecule has 6 heteroatoms. The van der Waals surface area contributed by atoms with Gasteiger partial charge >= 0.3 is 5.97 Å². The Morgan fingerprint density at radius 3 is 2.48 bits per heavy atom. The minimum absolute atomic E-state index is 0.163. The Kier molecular flexibility index (Phi) is 6.35. The van der Waals surface area contributed by atoms with E-state index in [9.17, 15) is 9.59 Å². The molecule has 1 fully saturated rings. The van der Waals surface area contributed by atoms with Crippen molar-refractivity contribution in [2.75, 3.05) is 25.4 Å². The number of carbonyl (C=O) groups excluding carboxylic acids is 2. The van der Waals surface area contributed by atoms with Crippen LogP contribution in [-0.2, 0) is 16.0 Å². The van der Waals surface area contributed by atoms with Crippen LogP contribution in [0.4, 0.5) is 5.69 Å². The number of nitrogens with two attached hydrogens (primary N) is 1. The largest absolute Gasteiger partial charge is 0.452 e. The van der Waals surface area contributed by atoms with Gasteiger partial charge in [-0.2, -0.15) is 0 Å². The highest BCUT2D eigenvalue weighted by Gasteiger charge is 2.24. The molecule has 1 saturated heterocycles. The molecule has 1 heterocycles. The van der Waals surface area contributed by atoms with E-state index in [2.05, 4.69) is 24.3 Å². The lowest BCUT2D eigenvalue weighted by Crippen LogP contribution is -2.41. The third-order valence-electron chi connectivity index (χ3n) is 4.89. The SMILES string of the molecule is Nc1cc(C(=O)OCC(=O)N2CCC(Cc3ccccc3)CC2)ccc1Cl. The van der Waals surface area contributed by atoms with Gasteiger partial charge in [0.1, 0.15) is 0 Å². The number of halogens is 1. The minimum atomic E-state index is -0.578. The topological polar surface area (TPSA) is 72.6 Å². The Morgan fingerprint density at radius 2 is 1.81 bits per heavy atom. The molecule has 1 aliphatic heterocycles. The quantitative estimate of drug-likeness (QED) is 0.630. The molecule has 2 aromatic rings. The van der Waals surface area contributed by atoms with Gasteiger partial charge in [-0.05, 0) is 48.9 Å². The van der Waals surface area contributed by atoms with Gasteiger partial charge in [-0.25, -0.2) is 4.79 Å². The average Bonchev–Trinajstić information content (AvgIpc) is 2.69. The van der Waals surface area contributed by atoms with Crippen LogP contribution in [0.25, 0.3) is 0 Å². The monoisotopic (exact) mass is 386 g/mol. The second kappa shape index (κ2) is 8.91. The molecule has 0 unspecified atom stereocenters. The predicted molar refractivity (Wildman–Crippen MR) is 106 cm³/mol. The van der Waals surface area contributed by atoms with Crippen molar-refractivity contribution in [2.45, 2.75) is 19.3 Å². The number of esters is 1. The Morgan fingerprint density at radius 1 is 1.11 bits per heavy atom. The molecule has 3 rings (SSSR count). The third kappa shape index (κ3) is 5.23. The average molecular weight is 387 g/mol. The van der Waals surface area contributed by atoms with E-state index < -0.39 is 5.97 Å². The summed E-state index contributed by atoms with van der Waals surface area (Å²) in [6.07, 6.45) is 2.96. The summed E-state index contributed by atoms with van der Waals surface area (Å²) in [7, 11) is 0. The lowest BCUT2D eigenvalue weighted by atomic mass is 9.90. The number of hydrogen-bond acceptors (Lipinski definition) is 4. The molecule has 0 atom stereocenters. The first-order valence-corrected chi connectivity index (χ1v) is 9.44. The molecular weight excluding hydrogens is 364 g/mol. The van der Waals surface area contributed by atoms with Crippen LogP contribution in [-0.4, -0.2) is 36.5 Å². The van der Waals surface area contributed by atoms with Crippen LogP contribution in [0.3, 0.4) is 0 Å². The standard InChI is InChI=1S/C21H23ClN2O3/c22-18-7-6-17(13-19(18)23)21(26)27-14-20(25)24-10-8-16(9-11-24)12-15-4-2-1-3-5-15/h1-7,13,16H,8-12,14,23H2. The molecule has 0 aromatic heterocycles. The van der Waals surface area contributed by atoms with Gasteiger partial charge in [0.25, 0.3) is 5.91 Å². The normalized spacial score (nSPS) is 14.8. The molecule has 142 valence electrons. The number of anilines is 1. The minimum Gasteiger partial charge on any atom is -0.452 e. The first-order valence-electron chi connectivity index (χ1n) is 9.07. The van der Waals surface area contributed by atoms with Crippen molar-refractivity contribution in [3.63, 3.8) is 0 Å². The summed E-state index contributed by atoms with van der Waals surface area (Å²) in [6.45, 7) is 1.13. The zero-order valence-corrected chi connectivity index (χ0v) is 15.8. The van der Waals surface area contributed by atoms with Crippen LogP contribution >= 0.6 is 11.6 Å². The Balaban J connectivity index is 1.44. The number of amides is 1. The van der Waals surface area contributed by atoms with Gasteiger partial charge in [-0.1, -0.05) is 41.9 Å². The molecule has 0 aliphatic carbocycles. The van der Waals surface area contributed by atoms with Gasteiger partial charge in [0.05, 0.1) is 16.3 Å². The molecule has 0 saturated carbocycles.